The Morgan fingerprint density at radius 3 is 2.38 bits per heavy atom. The van der Waals surface area contributed by atoms with E-state index in [1.54, 1.807) is 0 Å². The first-order valence-corrected chi connectivity index (χ1v) is 3.77. The Kier molecular flexibility index (Phi) is 1.99. The fourth-order valence-electron chi connectivity index (χ4n) is 1.01. The van der Waals surface area contributed by atoms with Crippen molar-refractivity contribution < 1.29 is 14.4 Å². The van der Waals surface area contributed by atoms with Gasteiger partial charge in [-0.2, -0.15) is 0 Å². The van der Waals surface area contributed by atoms with Gasteiger partial charge in [-0.25, -0.2) is 5.01 Å². The molecule has 0 spiro atoms. The lowest BCUT2D eigenvalue weighted by Crippen LogP contribution is -2.42. The van der Waals surface area contributed by atoms with Crippen molar-refractivity contribution in [1.82, 2.24) is 10.4 Å². The second kappa shape index (κ2) is 2.72. The number of nitrogens with zero attached hydrogens (tertiary/aromatic N) is 1. The van der Waals surface area contributed by atoms with Crippen LogP contribution in [0.3, 0.4) is 0 Å². The molecule has 1 aliphatic rings. The van der Waals surface area contributed by atoms with Crippen LogP contribution in [-0.4, -0.2) is 29.3 Å². The third-order valence-corrected chi connectivity index (χ3v) is 1.90. The van der Waals surface area contributed by atoms with Gasteiger partial charge in [0, 0.05) is 0 Å². The van der Waals surface area contributed by atoms with E-state index < -0.39 is 23.1 Å². The third-order valence-electron chi connectivity index (χ3n) is 1.90. The number of primary amides is 1. The predicted octanol–water partition coefficient (Wildman–Crippen LogP) is -1.63. The summed E-state index contributed by atoms with van der Waals surface area (Å²) in [7, 11) is 0. The average Bonchev–Trinajstić information content (AvgIpc) is 2.15. The number of nitrogens with two attached hydrogens (primary N) is 1. The highest BCUT2D eigenvalue weighted by atomic mass is 16.2. The van der Waals surface area contributed by atoms with Crippen molar-refractivity contribution in [3.05, 3.63) is 0 Å². The molecule has 0 unspecified atom stereocenters. The highest BCUT2D eigenvalue weighted by molar-refractivity contribution is 6.09. The van der Waals surface area contributed by atoms with Gasteiger partial charge in [-0.15, -0.1) is 0 Å². The molecule has 0 aromatic carbocycles. The summed E-state index contributed by atoms with van der Waals surface area (Å²) in [4.78, 5) is 33.1. The Bertz CT molecular complexity index is 285. The molecule has 1 aliphatic heterocycles. The Hall–Kier alpha value is -1.59. The monoisotopic (exact) mass is 185 g/mol. The normalized spacial score (nSPS) is 20.3. The van der Waals surface area contributed by atoms with E-state index in [0.717, 1.165) is 5.01 Å². The van der Waals surface area contributed by atoms with Crippen LogP contribution in [-0.2, 0) is 14.4 Å². The number of nitrogens with one attached hydrogen (secondary N) is 1. The van der Waals surface area contributed by atoms with E-state index in [1.807, 2.05) is 0 Å². The Balaban J connectivity index is 2.80. The fraction of sp³-hybridized carbons (Fsp3) is 0.571. The van der Waals surface area contributed by atoms with Gasteiger partial charge in [-0.1, -0.05) is 0 Å². The standard InChI is InChI=1S/C7H11N3O3/c1-7(2)5(12)9-10(6(7)13)3-4(8)11/h3H2,1-2H3,(H2,8,11)(H,9,12). The van der Waals surface area contributed by atoms with E-state index in [-0.39, 0.29) is 6.54 Å². The molecule has 1 saturated heterocycles. The summed E-state index contributed by atoms with van der Waals surface area (Å²) in [5.41, 5.74) is 6.05. The van der Waals surface area contributed by atoms with Crippen molar-refractivity contribution in [2.75, 3.05) is 6.54 Å². The van der Waals surface area contributed by atoms with Gasteiger partial charge >= 0.3 is 0 Å². The van der Waals surface area contributed by atoms with Gasteiger partial charge in [-0.05, 0) is 13.8 Å². The SMILES string of the molecule is CC1(C)C(=O)NN(CC(N)=O)C1=O. The van der Waals surface area contributed by atoms with Crippen LogP contribution in [0.5, 0.6) is 0 Å². The van der Waals surface area contributed by atoms with Gasteiger partial charge in [0.1, 0.15) is 12.0 Å². The number of carbonyl (C=O) groups excluding carboxylic acids is 3. The molecule has 3 N–H and O–H groups in total. The maximum atomic E-state index is 11.4. The Labute approximate surface area is 75.0 Å². The zero-order chi connectivity index (χ0) is 10.2. The molecule has 0 radical (unpaired) electrons. The zero-order valence-corrected chi connectivity index (χ0v) is 7.46. The summed E-state index contributed by atoms with van der Waals surface area (Å²) in [6, 6.07) is 0. The number of carbonyl (C=O) groups is 3. The number of rotatable bonds is 2. The zero-order valence-electron chi connectivity index (χ0n) is 7.46. The molecule has 0 aliphatic carbocycles. The van der Waals surface area contributed by atoms with E-state index in [4.69, 9.17) is 5.73 Å². The molecule has 6 heteroatoms. The van der Waals surface area contributed by atoms with Crippen molar-refractivity contribution >= 4 is 17.7 Å². The van der Waals surface area contributed by atoms with E-state index in [9.17, 15) is 14.4 Å². The molecule has 13 heavy (non-hydrogen) atoms. The van der Waals surface area contributed by atoms with Crippen LogP contribution >= 0.6 is 0 Å². The first kappa shape index (κ1) is 9.50. The molecule has 1 rings (SSSR count). The lowest BCUT2D eigenvalue weighted by Gasteiger charge is -2.14. The van der Waals surface area contributed by atoms with Gasteiger partial charge in [0.25, 0.3) is 11.8 Å². The molecule has 0 bridgehead atoms. The molecule has 0 aromatic heterocycles. The molecule has 0 saturated carbocycles. The van der Waals surface area contributed by atoms with Crippen LogP contribution in [0, 0.1) is 5.41 Å². The maximum absolute atomic E-state index is 11.4. The topological polar surface area (TPSA) is 92.5 Å². The Morgan fingerprint density at radius 2 is 2.08 bits per heavy atom. The maximum Gasteiger partial charge on any atom is 0.256 e. The van der Waals surface area contributed by atoms with Gasteiger partial charge in [0.15, 0.2) is 0 Å². The molecule has 0 atom stereocenters. The van der Waals surface area contributed by atoms with E-state index >= 15 is 0 Å². The summed E-state index contributed by atoms with van der Waals surface area (Å²) >= 11 is 0. The van der Waals surface area contributed by atoms with Gasteiger partial charge in [0.2, 0.25) is 5.91 Å². The molecule has 3 amide bonds. The first-order chi connectivity index (χ1) is 5.85. The molecule has 6 nitrogen and oxygen atoms in total. The Morgan fingerprint density at radius 1 is 1.54 bits per heavy atom. The van der Waals surface area contributed by atoms with E-state index in [2.05, 4.69) is 5.43 Å². The van der Waals surface area contributed by atoms with Crippen LogP contribution in [0.4, 0.5) is 0 Å². The van der Waals surface area contributed by atoms with Gasteiger partial charge < -0.3 is 5.73 Å². The van der Waals surface area contributed by atoms with E-state index in [1.165, 1.54) is 13.8 Å². The van der Waals surface area contributed by atoms with Crippen molar-refractivity contribution in [2.45, 2.75) is 13.8 Å². The highest BCUT2D eigenvalue weighted by Gasteiger charge is 2.46. The van der Waals surface area contributed by atoms with Crippen LogP contribution in [0.15, 0.2) is 0 Å². The summed E-state index contributed by atoms with van der Waals surface area (Å²) in [5.74, 6) is -1.51. The largest absolute Gasteiger partial charge is 0.368 e. The molecule has 72 valence electrons. The lowest BCUT2D eigenvalue weighted by atomic mass is 9.93. The number of hydrogen-bond acceptors (Lipinski definition) is 3. The quantitative estimate of drug-likeness (QED) is 0.506. The fourth-order valence-corrected chi connectivity index (χ4v) is 1.01. The van der Waals surface area contributed by atoms with Crippen LogP contribution in [0.2, 0.25) is 0 Å². The van der Waals surface area contributed by atoms with Crippen LogP contribution in [0.1, 0.15) is 13.8 Å². The summed E-state index contributed by atoms with van der Waals surface area (Å²) < 4.78 is 0. The lowest BCUT2D eigenvalue weighted by molar-refractivity contribution is -0.139. The van der Waals surface area contributed by atoms with E-state index in [0.29, 0.717) is 0 Å². The van der Waals surface area contributed by atoms with Crippen molar-refractivity contribution in [1.29, 1.82) is 0 Å². The van der Waals surface area contributed by atoms with Gasteiger partial charge in [0.05, 0.1) is 0 Å². The highest BCUT2D eigenvalue weighted by Crippen LogP contribution is 2.23. The second-order valence-electron chi connectivity index (χ2n) is 3.42. The average molecular weight is 185 g/mol. The van der Waals surface area contributed by atoms with Crippen LogP contribution in [0.25, 0.3) is 0 Å². The summed E-state index contributed by atoms with van der Waals surface area (Å²) in [5, 5.41) is 0.935. The van der Waals surface area contributed by atoms with Gasteiger partial charge in [-0.3, -0.25) is 19.8 Å². The number of amides is 3. The van der Waals surface area contributed by atoms with Crippen molar-refractivity contribution in [3.8, 4) is 0 Å². The first-order valence-electron chi connectivity index (χ1n) is 3.77. The smallest absolute Gasteiger partial charge is 0.256 e. The van der Waals surface area contributed by atoms with Crippen molar-refractivity contribution in [2.24, 2.45) is 11.1 Å². The molecule has 0 aromatic rings. The minimum Gasteiger partial charge on any atom is -0.368 e. The minimum atomic E-state index is -1.10. The molecular formula is C7H11N3O3. The summed E-state index contributed by atoms with van der Waals surface area (Å²) in [6.45, 7) is 2.70. The van der Waals surface area contributed by atoms with Crippen molar-refractivity contribution in [3.63, 3.8) is 0 Å². The second-order valence-corrected chi connectivity index (χ2v) is 3.42. The third kappa shape index (κ3) is 1.47. The number of hydrogen-bond donors (Lipinski definition) is 2. The molecule has 1 heterocycles. The minimum absolute atomic E-state index is 0.284. The predicted molar refractivity (Wildman–Crippen MR) is 42.8 cm³/mol. The number of hydrazine groups is 1. The van der Waals surface area contributed by atoms with Crippen LogP contribution < -0.4 is 11.2 Å². The molecular weight excluding hydrogens is 174 g/mol. The molecule has 1 fully saturated rings. The summed E-state index contributed by atoms with van der Waals surface area (Å²) in [6.07, 6.45) is 0.